The van der Waals surface area contributed by atoms with Crippen LogP contribution in [0.4, 0.5) is 4.79 Å². The number of nitrogens with one attached hydrogen (secondary N) is 2. The number of ether oxygens (including phenoxy) is 1. The second-order valence-electron chi connectivity index (χ2n) is 10.8. The predicted octanol–water partition coefficient (Wildman–Crippen LogP) is 5.42. The molecular weight excluding hydrogens is 442 g/mol. The highest BCUT2D eigenvalue weighted by molar-refractivity contribution is 5.92. The van der Waals surface area contributed by atoms with Crippen molar-refractivity contribution in [1.82, 2.24) is 15.5 Å². The molecule has 1 aromatic carbocycles. The van der Waals surface area contributed by atoms with Gasteiger partial charge >= 0.3 is 6.09 Å². The number of amides is 3. The first-order valence-electron chi connectivity index (χ1n) is 13.2. The Morgan fingerprint density at radius 3 is 2.26 bits per heavy atom. The summed E-state index contributed by atoms with van der Waals surface area (Å²) in [7, 11) is 0. The number of rotatable bonds is 10. The standard InChI is InChI=1S/C28H45N3O4/c1-7-8-12-19-31(26(33)21(3)29-27(34)35-28(4,5)6)24(22-17-15-20(2)16-18-22)25(32)30-23-13-10-9-11-14-23/h15-18,21,23-24H,7-14,19H2,1-6H3,(H,29,34)(H,30,32). The molecule has 2 rings (SSSR count). The SMILES string of the molecule is CCCCCN(C(=O)C(C)NC(=O)OC(C)(C)C)C(C(=O)NC1CCCCC1)c1ccc(C)cc1. The molecule has 0 aliphatic heterocycles. The van der Waals surface area contributed by atoms with E-state index in [1.165, 1.54) is 6.42 Å². The van der Waals surface area contributed by atoms with Crippen LogP contribution in [0.15, 0.2) is 24.3 Å². The van der Waals surface area contributed by atoms with E-state index >= 15 is 0 Å². The van der Waals surface area contributed by atoms with Crippen LogP contribution in [0.5, 0.6) is 0 Å². The highest BCUT2D eigenvalue weighted by atomic mass is 16.6. The molecule has 0 radical (unpaired) electrons. The van der Waals surface area contributed by atoms with Gasteiger partial charge in [0.15, 0.2) is 0 Å². The van der Waals surface area contributed by atoms with Crippen molar-refractivity contribution in [3.05, 3.63) is 35.4 Å². The summed E-state index contributed by atoms with van der Waals surface area (Å²) in [5.41, 5.74) is 1.19. The summed E-state index contributed by atoms with van der Waals surface area (Å²) in [5.74, 6) is -0.452. The maximum Gasteiger partial charge on any atom is 0.408 e. The van der Waals surface area contributed by atoms with Crippen LogP contribution in [0.3, 0.4) is 0 Å². The number of nitrogens with zero attached hydrogens (tertiary/aromatic N) is 1. The van der Waals surface area contributed by atoms with E-state index in [9.17, 15) is 14.4 Å². The predicted molar refractivity (Wildman–Crippen MR) is 139 cm³/mol. The molecule has 196 valence electrons. The first-order valence-corrected chi connectivity index (χ1v) is 13.2. The molecule has 3 amide bonds. The van der Waals surface area contributed by atoms with Crippen molar-refractivity contribution in [2.45, 2.75) is 117 Å². The summed E-state index contributed by atoms with van der Waals surface area (Å²) in [4.78, 5) is 41.4. The van der Waals surface area contributed by atoms with Gasteiger partial charge < -0.3 is 20.3 Å². The summed E-state index contributed by atoms with van der Waals surface area (Å²) in [6, 6.07) is 6.32. The number of carbonyl (C=O) groups excluding carboxylic acids is 3. The van der Waals surface area contributed by atoms with Gasteiger partial charge in [0.2, 0.25) is 11.8 Å². The van der Waals surface area contributed by atoms with Crippen LogP contribution in [0, 0.1) is 6.92 Å². The maximum atomic E-state index is 13.7. The van der Waals surface area contributed by atoms with E-state index < -0.39 is 23.8 Å². The van der Waals surface area contributed by atoms with Crippen LogP contribution in [-0.4, -0.2) is 47.0 Å². The third kappa shape index (κ3) is 9.54. The van der Waals surface area contributed by atoms with Gasteiger partial charge in [-0.05, 0) is 59.4 Å². The average Bonchev–Trinajstić information content (AvgIpc) is 2.78. The molecule has 0 spiro atoms. The fourth-order valence-corrected chi connectivity index (χ4v) is 4.44. The molecule has 0 heterocycles. The van der Waals surface area contributed by atoms with Crippen molar-refractivity contribution in [2.24, 2.45) is 0 Å². The van der Waals surface area contributed by atoms with Crippen molar-refractivity contribution >= 4 is 17.9 Å². The summed E-state index contributed by atoms with van der Waals surface area (Å²) < 4.78 is 5.34. The topological polar surface area (TPSA) is 87.7 Å². The number of hydrogen-bond acceptors (Lipinski definition) is 4. The Morgan fingerprint density at radius 1 is 1.06 bits per heavy atom. The quantitative estimate of drug-likeness (QED) is 0.432. The highest BCUT2D eigenvalue weighted by Crippen LogP contribution is 2.26. The van der Waals surface area contributed by atoms with Crippen molar-refractivity contribution in [3.63, 3.8) is 0 Å². The molecular formula is C28H45N3O4. The molecule has 35 heavy (non-hydrogen) atoms. The molecule has 2 unspecified atom stereocenters. The number of benzene rings is 1. The molecule has 1 aromatic rings. The molecule has 2 N–H and O–H groups in total. The molecule has 0 saturated heterocycles. The van der Waals surface area contributed by atoms with E-state index in [0.717, 1.165) is 56.1 Å². The van der Waals surface area contributed by atoms with E-state index in [1.54, 1.807) is 32.6 Å². The zero-order valence-corrected chi connectivity index (χ0v) is 22.5. The Balaban J connectivity index is 2.32. The second-order valence-corrected chi connectivity index (χ2v) is 10.8. The normalized spacial score (nSPS) is 16.2. The van der Waals surface area contributed by atoms with Gasteiger partial charge in [0, 0.05) is 12.6 Å². The minimum absolute atomic E-state index is 0.133. The van der Waals surface area contributed by atoms with Crippen molar-refractivity contribution in [1.29, 1.82) is 0 Å². The Morgan fingerprint density at radius 2 is 1.69 bits per heavy atom. The minimum atomic E-state index is -0.832. The zero-order valence-electron chi connectivity index (χ0n) is 22.5. The maximum absolute atomic E-state index is 13.7. The van der Waals surface area contributed by atoms with E-state index in [-0.39, 0.29) is 17.9 Å². The molecule has 0 aromatic heterocycles. The van der Waals surface area contributed by atoms with Gasteiger partial charge in [-0.25, -0.2) is 4.79 Å². The van der Waals surface area contributed by atoms with Crippen molar-refractivity contribution < 1.29 is 19.1 Å². The number of unbranched alkanes of at least 4 members (excludes halogenated alkanes) is 2. The van der Waals surface area contributed by atoms with Crippen LogP contribution in [0.25, 0.3) is 0 Å². The summed E-state index contributed by atoms with van der Waals surface area (Å²) in [5, 5.41) is 5.88. The molecule has 1 aliphatic carbocycles. The smallest absolute Gasteiger partial charge is 0.408 e. The molecule has 7 heteroatoms. The lowest BCUT2D eigenvalue weighted by molar-refractivity contribution is -0.142. The molecule has 1 saturated carbocycles. The summed E-state index contributed by atoms with van der Waals surface area (Å²) in [6.07, 6.45) is 7.42. The van der Waals surface area contributed by atoms with E-state index in [4.69, 9.17) is 4.74 Å². The number of aryl methyl sites for hydroxylation is 1. The summed E-state index contributed by atoms with van der Waals surface area (Å²) in [6.45, 7) is 11.5. The van der Waals surface area contributed by atoms with Gasteiger partial charge in [0.25, 0.3) is 0 Å². The largest absolute Gasteiger partial charge is 0.444 e. The number of alkyl carbamates (subject to hydrolysis) is 1. The number of carbonyl (C=O) groups is 3. The van der Waals surface area contributed by atoms with Gasteiger partial charge in [-0.2, -0.15) is 0 Å². The minimum Gasteiger partial charge on any atom is -0.444 e. The van der Waals surface area contributed by atoms with Gasteiger partial charge in [0.1, 0.15) is 17.7 Å². The molecule has 1 aliphatic rings. The highest BCUT2D eigenvalue weighted by Gasteiger charge is 2.35. The third-order valence-electron chi connectivity index (χ3n) is 6.29. The third-order valence-corrected chi connectivity index (χ3v) is 6.29. The van der Waals surface area contributed by atoms with Crippen LogP contribution in [0.1, 0.15) is 103 Å². The Hall–Kier alpha value is -2.57. The average molecular weight is 488 g/mol. The Bertz CT molecular complexity index is 826. The van der Waals surface area contributed by atoms with E-state index in [0.29, 0.717) is 6.54 Å². The molecule has 1 fully saturated rings. The Kier molecular flexibility index (Phi) is 11.1. The Labute approximate surface area is 211 Å². The van der Waals surface area contributed by atoms with Gasteiger partial charge in [-0.15, -0.1) is 0 Å². The van der Waals surface area contributed by atoms with Crippen LogP contribution < -0.4 is 10.6 Å². The molecule has 0 bridgehead atoms. The van der Waals surface area contributed by atoms with Gasteiger partial charge in [0.05, 0.1) is 0 Å². The van der Waals surface area contributed by atoms with Crippen LogP contribution in [0.2, 0.25) is 0 Å². The van der Waals surface area contributed by atoms with E-state index in [2.05, 4.69) is 17.6 Å². The van der Waals surface area contributed by atoms with Gasteiger partial charge in [-0.3, -0.25) is 9.59 Å². The first kappa shape index (κ1) is 28.7. The lowest BCUT2D eigenvalue weighted by Crippen LogP contribution is -2.53. The molecule has 2 atom stereocenters. The van der Waals surface area contributed by atoms with Crippen LogP contribution >= 0.6 is 0 Å². The van der Waals surface area contributed by atoms with Gasteiger partial charge in [-0.1, -0.05) is 68.9 Å². The fourth-order valence-electron chi connectivity index (χ4n) is 4.44. The fraction of sp³-hybridized carbons (Fsp3) is 0.679. The lowest BCUT2D eigenvalue weighted by atomic mass is 9.94. The number of hydrogen-bond donors (Lipinski definition) is 2. The van der Waals surface area contributed by atoms with Crippen molar-refractivity contribution in [2.75, 3.05) is 6.54 Å². The lowest BCUT2D eigenvalue weighted by Gasteiger charge is -2.35. The molecule has 7 nitrogen and oxygen atoms in total. The second kappa shape index (κ2) is 13.5. The van der Waals surface area contributed by atoms with Crippen molar-refractivity contribution in [3.8, 4) is 0 Å². The first-order chi connectivity index (χ1) is 16.5. The summed E-state index contributed by atoms with van der Waals surface area (Å²) >= 11 is 0. The zero-order chi connectivity index (χ0) is 26.0. The van der Waals surface area contributed by atoms with Crippen LogP contribution in [-0.2, 0) is 14.3 Å². The monoisotopic (exact) mass is 487 g/mol. The van der Waals surface area contributed by atoms with E-state index in [1.807, 2.05) is 31.2 Å².